The molecule has 2 aromatic carbocycles. The van der Waals surface area contributed by atoms with E-state index in [2.05, 4.69) is 24.9 Å². The maximum Gasteiger partial charge on any atom is 0.227 e. The molecule has 10 heteroatoms. The van der Waals surface area contributed by atoms with Crippen LogP contribution in [0.5, 0.6) is 0 Å². The molecule has 4 heterocycles. The van der Waals surface area contributed by atoms with E-state index < -0.39 is 0 Å². The van der Waals surface area contributed by atoms with Crippen molar-refractivity contribution in [3.05, 3.63) is 71.9 Å². The quantitative estimate of drug-likeness (QED) is 0.550. The molecule has 0 amide bonds. The van der Waals surface area contributed by atoms with Crippen molar-refractivity contribution in [2.45, 2.75) is 6.10 Å². The van der Waals surface area contributed by atoms with Gasteiger partial charge in [0, 0.05) is 71.5 Å². The van der Waals surface area contributed by atoms with Crippen LogP contribution in [0.2, 0.25) is 0 Å². The van der Waals surface area contributed by atoms with Crippen LogP contribution in [-0.4, -0.2) is 82.0 Å². The summed E-state index contributed by atoms with van der Waals surface area (Å²) in [5.41, 5.74) is 2.15. The number of rotatable bonds is 5. The second-order valence-electron chi connectivity index (χ2n) is 9.87. The average molecular weight is 522 g/mol. The Morgan fingerprint density at radius 3 is 1.82 bits per heavy atom. The van der Waals surface area contributed by atoms with Crippen molar-refractivity contribution in [1.29, 1.82) is 0 Å². The van der Waals surface area contributed by atoms with Crippen LogP contribution in [0, 0.1) is 11.6 Å². The molecule has 6 rings (SSSR count). The number of nitrogens with zero attached hydrogens (tertiary/aromatic N) is 6. The highest BCUT2D eigenvalue weighted by atomic mass is 19.1. The number of piperazine rings is 2. The summed E-state index contributed by atoms with van der Waals surface area (Å²) in [6.07, 6.45) is -0.136. The average Bonchev–Trinajstić information content (AvgIpc) is 2.98. The van der Waals surface area contributed by atoms with Crippen LogP contribution in [-0.2, 0) is 4.74 Å². The van der Waals surface area contributed by atoms with Crippen LogP contribution in [0.15, 0.2) is 54.6 Å². The van der Waals surface area contributed by atoms with Gasteiger partial charge in [-0.15, -0.1) is 0 Å². The number of benzene rings is 2. The zero-order valence-electron chi connectivity index (χ0n) is 21.4. The molecule has 200 valence electrons. The van der Waals surface area contributed by atoms with E-state index in [1.807, 2.05) is 30.3 Å². The summed E-state index contributed by atoms with van der Waals surface area (Å²) < 4.78 is 34.7. The Hall–Kier alpha value is -3.50. The third kappa shape index (κ3) is 5.23. The van der Waals surface area contributed by atoms with Crippen molar-refractivity contribution < 1.29 is 13.5 Å². The summed E-state index contributed by atoms with van der Waals surface area (Å²) in [5.74, 6) is 1.15. The minimum atomic E-state index is -0.196. The Morgan fingerprint density at radius 2 is 1.26 bits per heavy atom. The Kier molecular flexibility index (Phi) is 7.24. The smallest absolute Gasteiger partial charge is 0.227 e. The summed E-state index contributed by atoms with van der Waals surface area (Å²) in [5, 5.41) is 3.39. The van der Waals surface area contributed by atoms with Crippen molar-refractivity contribution >= 4 is 23.1 Å². The lowest BCUT2D eigenvalue weighted by Gasteiger charge is -2.38. The fourth-order valence-electron chi connectivity index (χ4n) is 5.40. The highest BCUT2D eigenvalue weighted by Gasteiger charge is 2.27. The van der Waals surface area contributed by atoms with E-state index in [0.717, 1.165) is 31.1 Å². The summed E-state index contributed by atoms with van der Waals surface area (Å²) in [6, 6.07) is 15.9. The number of morpholine rings is 1. The first-order valence-corrected chi connectivity index (χ1v) is 13.4. The van der Waals surface area contributed by atoms with Gasteiger partial charge < -0.3 is 29.7 Å². The zero-order chi connectivity index (χ0) is 25.9. The van der Waals surface area contributed by atoms with E-state index in [1.165, 1.54) is 12.1 Å². The largest absolute Gasteiger partial charge is 0.369 e. The number of anilines is 4. The number of nitrogens with one attached hydrogen (secondary N) is 1. The lowest BCUT2D eigenvalue weighted by molar-refractivity contribution is 0.0250. The van der Waals surface area contributed by atoms with E-state index in [4.69, 9.17) is 14.7 Å². The van der Waals surface area contributed by atoms with E-state index >= 15 is 0 Å². The van der Waals surface area contributed by atoms with Gasteiger partial charge in [0.25, 0.3) is 0 Å². The Bertz CT molecular complexity index is 1160. The molecule has 3 fully saturated rings. The fourth-order valence-corrected chi connectivity index (χ4v) is 5.40. The normalized spacial score (nSPS) is 20.6. The lowest BCUT2D eigenvalue weighted by Crippen LogP contribution is -2.48. The van der Waals surface area contributed by atoms with Crippen LogP contribution >= 0.6 is 0 Å². The van der Waals surface area contributed by atoms with Crippen LogP contribution in [0.3, 0.4) is 0 Å². The molecule has 0 aliphatic carbocycles. The van der Waals surface area contributed by atoms with Gasteiger partial charge in [-0.1, -0.05) is 24.3 Å². The molecular formula is C28H33F2N7O. The molecule has 0 saturated carbocycles. The van der Waals surface area contributed by atoms with Gasteiger partial charge in [0.05, 0.1) is 23.7 Å². The molecule has 1 aromatic heterocycles. The van der Waals surface area contributed by atoms with Crippen LogP contribution in [0.1, 0.15) is 11.8 Å². The number of ether oxygens (including phenoxy) is 1. The van der Waals surface area contributed by atoms with Gasteiger partial charge in [-0.25, -0.2) is 13.8 Å². The molecule has 38 heavy (non-hydrogen) atoms. The highest BCUT2D eigenvalue weighted by molar-refractivity contribution is 5.53. The molecule has 1 atom stereocenters. The SMILES string of the molecule is Fc1ccccc1N1CCN(c2cc(C3CNCCO3)nc(N3CCN(c4ccccc4F)CC3)n2)CC1. The summed E-state index contributed by atoms with van der Waals surface area (Å²) in [7, 11) is 0. The predicted molar refractivity (Wildman–Crippen MR) is 145 cm³/mol. The highest BCUT2D eigenvalue weighted by Crippen LogP contribution is 2.28. The Balaban J connectivity index is 1.20. The first-order valence-electron chi connectivity index (χ1n) is 13.4. The molecule has 0 bridgehead atoms. The van der Waals surface area contributed by atoms with Gasteiger partial charge in [-0.2, -0.15) is 4.98 Å². The van der Waals surface area contributed by atoms with Gasteiger partial charge in [-0.05, 0) is 24.3 Å². The van der Waals surface area contributed by atoms with Gasteiger partial charge in [0.1, 0.15) is 23.6 Å². The number of hydrogen-bond acceptors (Lipinski definition) is 8. The molecule has 0 spiro atoms. The summed E-state index contributed by atoms with van der Waals surface area (Å²) >= 11 is 0. The van der Waals surface area contributed by atoms with Crippen molar-refractivity contribution in [3.63, 3.8) is 0 Å². The van der Waals surface area contributed by atoms with Crippen LogP contribution < -0.4 is 24.9 Å². The van der Waals surface area contributed by atoms with Gasteiger partial charge in [0.2, 0.25) is 5.95 Å². The minimum Gasteiger partial charge on any atom is -0.369 e. The van der Waals surface area contributed by atoms with Gasteiger partial charge >= 0.3 is 0 Å². The van der Waals surface area contributed by atoms with Crippen molar-refractivity contribution in [3.8, 4) is 0 Å². The number of para-hydroxylation sites is 2. The fraction of sp³-hybridized carbons (Fsp3) is 0.429. The first kappa shape index (κ1) is 24.8. The number of aromatic nitrogens is 2. The molecule has 3 aliphatic heterocycles. The van der Waals surface area contributed by atoms with E-state index in [0.29, 0.717) is 69.7 Å². The second-order valence-corrected chi connectivity index (χ2v) is 9.87. The van der Waals surface area contributed by atoms with E-state index in [9.17, 15) is 8.78 Å². The molecular weight excluding hydrogens is 488 g/mol. The molecule has 1 N–H and O–H groups in total. The number of hydrogen-bond donors (Lipinski definition) is 1. The van der Waals surface area contributed by atoms with Gasteiger partial charge in [-0.3, -0.25) is 0 Å². The van der Waals surface area contributed by atoms with Crippen molar-refractivity contribution in [2.75, 3.05) is 91.7 Å². The minimum absolute atomic E-state index is 0.136. The Morgan fingerprint density at radius 1 is 0.711 bits per heavy atom. The maximum atomic E-state index is 14.3. The monoisotopic (exact) mass is 521 g/mol. The molecule has 3 aromatic rings. The lowest BCUT2D eigenvalue weighted by atomic mass is 10.2. The molecule has 1 unspecified atom stereocenters. The summed E-state index contributed by atoms with van der Waals surface area (Å²) in [6.45, 7) is 7.82. The zero-order valence-corrected chi connectivity index (χ0v) is 21.4. The third-order valence-corrected chi connectivity index (χ3v) is 7.53. The molecule has 3 aliphatic rings. The third-order valence-electron chi connectivity index (χ3n) is 7.53. The maximum absolute atomic E-state index is 14.3. The van der Waals surface area contributed by atoms with E-state index in [-0.39, 0.29) is 17.7 Å². The van der Waals surface area contributed by atoms with Crippen molar-refractivity contribution in [1.82, 2.24) is 15.3 Å². The molecule has 8 nitrogen and oxygen atoms in total. The molecule has 0 radical (unpaired) electrons. The second kappa shape index (κ2) is 11.1. The van der Waals surface area contributed by atoms with Crippen molar-refractivity contribution in [2.24, 2.45) is 0 Å². The van der Waals surface area contributed by atoms with E-state index in [1.54, 1.807) is 12.1 Å². The first-order chi connectivity index (χ1) is 18.7. The predicted octanol–water partition coefficient (Wildman–Crippen LogP) is 3.07. The standard InChI is InChI=1S/C28H33F2N7O/c29-21-5-1-3-7-24(21)34-10-14-36(15-11-34)27-19-23(26-20-31-9-18-38-26)32-28(33-27)37-16-12-35(13-17-37)25-8-4-2-6-22(25)30/h1-8,19,26,31H,9-18,20H2. The number of halogens is 2. The Labute approximate surface area is 221 Å². The topological polar surface area (TPSA) is 60.0 Å². The van der Waals surface area contributed by atoms with Gasteiger partial charge in [0.15, 0.2) is 0 Å². The van der Waals surface area contributed by atoms with Crippen LogP contribution in [0.4, 0.5) is 31.9 Å². The van der Waals surface area contributed by atoms with Crippen LogP contribution in [0.25, 0.3) is 0 Å². The molecule has 3 saturated heterocycles. The summed E-state index contributed by atoms with van der Waals surface area (Å²) in [4.78, 5) is 18.5.